The van der Waals surface area contributed by atoms with Crippen molar-refractivity contribution in [3.8, 4) is 0 Å². The van der Waals surface area contributed by atoms with E-state index < -0.39 is 0 Å². The fraction of sp³-hybridized carbons (Fsp3) is 0.333. The van der Waals surface area contributed by atoms with E-state index in [2.05, 4.69) is 4.84 Å². The molecule has 2 nitrogen and oxygen atoms in total. The highest BCUT2D eigenvalue weighted by Crippen LogP contribution is 1.75. The summed E-state index contributed by atoms with van der Waals surface area (Å²) < 4.78 is 0. The van der Waals surface area contributed by atoms with Gasteiger partial charge in [0.1, 0.15) is 0 Å². The van der Waals surface area contributed by atoms with E-state index >= 15 is 0 Å². The van der Waals surface area contributed by atoms with Gasteiger partial charge in [-0.3, -0.25) is 4.84 Å². The second-order valence-corrected chi connectivity index (χ2v) is 0.909. The minimum atomic E-state index is 0.156. The quantitative estimate of drug-likeness (QED) is 0.477. The molecular weight excluding hydrogens is 101 g/mol. The first-order valence-electron chi connectivity index (χ1n) is 1.43. The number of rotatable bonds is 2. The monoisotopic (exact) mass is 105 g/mol. The van der Waals surface area contributed by atoms with Gasteiger partial charge in [0.2, 0.25) is 0 Å². The van der Waals surface area contributed by atoms with Crippen molar-refractivity contribution in [1.82, 2.24) is 5.90 Å². The second kappa shape index (κ2) is 4.95. The Bertz CT molecular complexity index is 46.1. The van der Waals surface area contributed by atoms with Crippen LogP contribution in [-0.2, 0) is 4.84 Å². The van der Waals surface area contributed by atoms with Crippen molar-refractivity contribution in [3.05, 3.63) is 11.6 Å². The molecule has 0 N–H and O–H groups in total. The van der Waals surface area contributed by atoms with Crippen molar-refractivity contribution in [2.24, 2.45) is 0 Å². The van der Waals surface area contributed by atoms with Crippen LogP contribution in [-0.4, -0.2) is 6.61 Å². The van der Waals surface area contributed by atoms with Gasteiger partial charge in [-0.2, -0.15) is 0 Å². The third-order valence-electron chi connectivity index (χ3n) is 0.260. The summed E-state index contributed by atoms with van der Waals surface area (Å²) in [6.07, 6.45) is 1.47. The summed E-state index contributed by atoms with van der Waals surface area (Å²) in [5.41, 5.74) is 1.27. The molecule has 34 valence electrons. The number of nitrogens with zero attached hydrogens (tertiary/aromatic N) is 1. The van der Waals surface area contributed by atoms with Crippen molar-refractivity contribution in [2.45, 2.75) is 0 Å². The van der Waals surface area contributed by atoms with Crippen LogP contribution in [0.5, 0.6) is 0 Å². The molecule has 0 aromatic rings. The van der Waals surface area contributed by atoms with Crippen LogP contribution in [0.2, 0.25) is 0 Å². The van der Waals surface area contributed by atoms with Gasteiger partial charge in [0, 0.05) is 11.4 Å². The minimum absolute atomic E-state index is 0.156. The predicted molar refractivity (Wildman–Crippen MR) is 23.1 cm³/mol. The van der Waals surface area contributed by atoms with Crippen LogP contribution in [0.3, 0.4) is 0 Å². The molecule has 0 aromatic heterocycles. The second-order valence-electron chi connectivity index (χ2n) is 0.657. The van der Waals surface area contributed by atoms with Crippen molar-refractivity contribution in [2.75, 3.05) is 6.61 Å². The standard InChI is InChI=1S/C3H4ClNO/c4-2-1-3-6-5/h1-2H,3H2. The van der Waals surface area contributed by atoms with Gasteiger partial charge >= 0.3 is 0 Å². The maximum Gasteiger partial charge on any atom is 0.0913 e. The highest BCUT2D eigenvalue weighted by Gasteiger charge is 1.66. The van der Waals surface area contributed by atoms with Gasteiger partial charge < -0.3 is 0 Å². The van der Waals surface area contributed by atoms with Gasteiger partial charge in [-0.1, -0.05) is 11.6 Å². The van der Waals surface area contributed by atoms with Crippen LogP contribution in [0.25, 0.3) is 0 Å². The molecule has 0 heterocycles. The first-order chi connectivity index (χ1) is 2.91. The van der Waals surface area contributed by atoms with Crippen LogP contribution in [0.1, 0.15) is 0 Å². The zero-order valence-corrected chi connectivity index (χ0v) is 3.85. The molecule has 6 heavy (non-hydrogen) atoms. The molecule has 3 heteroatoms. The predicted octanol–water partition coefficient (Wildman–Crippen LogP) is 0.739. The summed E-state index contributed by atoms with van der Waals surface area (Å²) in [5, 5.41) is 0. The van der Waals surface area contributed by atoms with Gasteiger partial charge in [0.05, 0.1) is 6.61 Å². The number of halogens is 1. The van der Waals surface area contributed by atoms with Gasteiger partial charge in [-0.15, -0.1) is 0 Å². The minimum Gasteiger partial charge on any atom is -0.259 e. The smallest absolute Gasteiger partial charge is 0.0913 e. The lowest BCUT2D eigenvalue weighted by molar-refractivity contribution is 0.147. The molecule has 0 aliphatic rings. The van der Waals surface area contributed by atoms with E-state index in [0.717, 1.165) is 0 Å². The van der Waals surface area contributed by atoms with Crippen LogP contribution in [0.15, 0.2) is 11.6 Å². The molecule has 0 atom stereocenters. The Labute approximate surface area is 41.5 Å². The molecule has 0 aliphatic carbocycles. The summed E-state index contributed by atoms with van der Waals surface area (Å²) in [6, 6.07) is 0. The van der Waals surface area contributed by atoms with E-state index in [1.165, 1.54) is 11.6 Å². The number of hydrogen-bond acceptors (Lipinski definition) is 1. The SMILES string of the molecule is [N]OCC=CCl. The van der Waals surface area contributed by atoms with E-state index in [-0.39, 0.29) is 6.61 Å². The van der Waals surface area contributed by atoms with E-state index in [9.17, 15) is 0 Å². The zero-order chi connectivity index (χ0) is 4.83. The first kappa shape index (κ1) is 5.95. The molecule has 0 saturated heterocycles. The average Bonchev–Trinajstić information content (AvgIpc) is 1.61. The fourth-order valence-corrected chi connectivity index (χ4v) is 0.152. The molecule has 0 unspecified atom stereocenters. The summed E-state index contributed by atoms with van der Waals surface area (Å²) in [4.78, 5) is 3.61. The number of hydrogen-bond donors (Lipinski definition) is 0. The Hall–Kier alpha value is -0.0500. The van der Waals surface area contributed by atoms with E-state index in [4.69, 9.17) is 17.5 Å². The Balaban J connectivity index is 2.66. The van der Waals surface area contributed by atoms with Gasteiger partial charge in [0.15, 0.2) is 0 Å². The van der Waals surface area contributed by atoms with Crippen molar-refractivity contribution >= 4 is 11.6 Å². The highest BCUT2D eigenvalue weighted by atomic mass is 35.5. The highest BCUT2D eigenvalue weighted by molar-refractivity contribution is 6.25. The molecule has 0 bridgehead atoms. The first-order valence-corrected chi connectivity index (χ1v) is 1.87. The van der Waals surface area contributed by atoms with Gasteiger partial charge in [-0.25, -0.2) is 0 Å². The molecule has 0 amide bonds. The summed E-state index contributed by atoms with van der Waals surface area (Å²) in [5.74, 6) is 7.59. The molecule has 0 saturated carbocycles. The van der Waals surface area contributed by atoms with Crippen LogP contribution >= 0.6 is 11.6 Å². The maximum absolute atomic E-state index is 7.59. The van der Waals surface area contributed by atoms with E-state index in [1.54, 1.807) is 0 Å². The lowest BCUT2D eigenvalue weighted by Crippen LogP contribution is -1.81. The largest absolute Gasteiger partial charge is 0.259 e. The molecule has 0 spiro atoms. The van der Waals surface area contributed by atoms with Crippen molar-refractivity contribution < 1.29 is 4.84 Å². The average molecular weight is 106 g/mol. The van der Waals surface area contributed by atoms with E-state index in [0.29, 0.717) is 0 Å². The molecule has 0 aliphatic heterocycles. The normalized spacial score (nSPS) is 10.3. The molecule has 0 rings (SSSR count). The lowest BCUT2D eigenvalue weighted by atomic mass is 10.7. The maximum atomic E-state index is 7.59. The van der Waals surface area contributed by atoms with Crippen LogP contribution < -0.4 is 5.90 Å². The third-order valence-corrected chi connectivity index (χ3v) is 0.438. The Morgan fingerprint density at radius 2 is 2.50 bits per heavy atom. The molecule has 0 aromatic carbocycles. The van der Waals surface area contributed by atoms with Crippen LogP contribution in [0.4, 0.5) is 0 Å². The van der Waals surface area contributed by atoms with Gasteiger partial charge in [0.25, 0.3) is 0 Å². The molecular formula is C3H4ClNO. The summed E-state index contributed by atoms with van der Waals surface area (Å²) in [7, 11) is 0. The fourth-order valence-electron chi connectivity index (χ4n) is 0.0794. The van der Waals surface area contributed by atoms with Crippen LogP contribution in [0, 0.1) is 0 Å². The Morgan fingerprint density at radius 1 is 1.83 bits per heavy atom. The Morgan fingerprint density at radius 3 is 2.67 bits per heavy atom. The summed E-state index contributed by atoms with van der Waals surface area (Å²) >= 11 is 5.01. The third kappa shape index (κ3) is 3.95. The van der Waals surface area contributed by atoms with E-state index in [1.807, 2.05) is 0 Å². The van der Waals surface area contributed by atoms with Gasteiger partial charge in [-0.05, 0) is 6.08 Å². The Kier molecular flexibility index (Phi) is 4.91. The lowest BCUT2D eigenvalue weighted by Gasteiger charge is -1.75. The topological polar surface area (TPSA) is 31.5 Å². The molecule has 2 radical (unpaired) electrons. The molecule has 0 fully saturated rings. The van der Waals surface area contributed by atoms with Crippen molar-refractivity contribution in [1.29, 1.82) is 0 Å². The zero-order valence-electron chi connectivity index (χ0n) is 3.10. The summed E-state index contributed by atoms with van der Waals surface area (Å²) in [6.45, 7) is 0.156. The van der Waals surface area contributed by atoms with Crippen molar-refractivity contribution in [3.63, 3.8) is 0 Å².